The molecule has 0 saturated carbocycles. The van der Waals surface area contributed by atoms with Gasteiger partial charge >= 0.3 is 275 Å². The van der Waals surface area contributed by atoms with Gasteiger partial charge in [0, 0.05) is 0 Å². The van der Waals surface area contributed by atoms with Gasteiger partial charge in [-0.2, -0.15) is 0 Å². The fraction of sp³-hybridized carbons (Fsp3) is 0.938. The molecule has 0 saturated heterocycles. The molecule has 2 N–H and O–H groups in total. The van der Waals surface area contributed by atoms with Gasteiger partial charge in [0.1, 0.15) is 0 Å². The third-order valence-electron chi connectivity index (χ3n) is 8.21. The third-order valence-corrected chi connectivity index (χ3v) is 29.6. The molecule has 0 aliphatic rings. The summed E-state index contributed by atoms with van der Waals surface area (Å²) in [6, 6.07) is 0. The first-order valence-electron chi connectivity index (χ1n) is 17.0. The molecule has 0 aliphatic carbocycles. The first-order valence-corrected chi connectivity index (χ1v) is 26.6. The van der Waals surface area contributed by atoms with Crippen LogP contribution in [0.2, 0.25) is 13.3 Å². The van der Waals surface area contributed by atoms with E-state index in [0.717, 1.165) is 85.9 Å². The summed E-state index contributed by atoms with van der Waals surface area (Å²) in [7, 11) is 0. The summed E-state index contributed by atoms with van der Waals surface area (Å²) in [4.78, 5) is 22.3. The van der Waals surface area contributed by atoms with Gasteiger partial charge in [0.25, 0.3) is 0 Å². The second-order valence-electron chi connectivity index (χ2n) is 11.8. The maximum absolute atomic E-state index is 11.2. The molecular formula is C32H64O8Sn2. The van der Waals surface area contributed by atoms with E-state index in [1.54, 1.807) is 0 Å². The molecule has 0 aliphatic heterocycles. The Morgan fingerprint density at radius 3 is 1.60 bits per heavy atom. The quantitative estimate of drug-likeness (QED) is 0.0436. The molecule has 2 radical (unpaired) electrons. The minimum absolute atomic E-state index is 0.00806. The molecule has 0 fully saturated rings. The zero-order chi connectivity index (χ0) is 31.6. The van der Waals surface area contributed by atoms with E-state index in [-0.39, 0.29) is 25.2 Å². The number of ether oxygens (including phenoxy) is 2. The van der Waals surface area contributed by atoms with Crippen LogP contribution in [0.4, 0.5) is 9.59 Å². The average Bonchev–Trinajstić information content (AvgIpc) is 2.95. The first-order chi connectivity index (χ1) is 20.2. The van der Waals surface area contributed by atoms with Gasteiger partial charge < -0.3 is 0 Å². The standard InChI is InChI=1S/C20H37O7.3C4H9.O.2Sn/c1-4-7-15(10-12-26-19(22)23)17(9-6-3)14-18(21)16(8-5-2)11-13-27-20(24)25;3*1-3-4-2;;;/h15-18H,4-14H2,1-3H3,(H,22,23)(H,24,25);3*1,3-4H2,2H3;;;/q-1;;;;;;+1. The Bertz CT molecular complexity index is 658. The molecule has 248 valence electrons. The van der Waals surface area contributed by atoms with Crippen LogP contribution < -0.4 is 0 Å². The Balaban J connectivity index is 6.46. The summed E-state index contributed by atoms with van der Waals surface area (Å²) in [5.41, 5.74) is 0. The number of rotatable bonds is 29. The van der Waals surface area contributed by atoms with Crippen molar-refractivity contribution in [3.05, 3.63) is 0 Å². The predicted molar refractivity (Wildman–Crippen MR) is 174 cm³/mol. The Morgan fingerprint density at radius 2 is 1.12 bits per heavy atom. The molecule has 0 aromatic carbocycles. The number of hydrogen-bond donors (Lipinski definition) is 2. The van der Waals surface area contributed by atoms with Gasteiger partial charge in [-0.3, -0.25) is 0 Å². The van der Waals surface area contributed by atoms with Gasteiger partial charge in [-0.25, -0.2) is 0 Å². The van der Waals surface area contributed by atoms with Crippen LogP contribution in [-0.4, -0.2) is 82.6 Å². The van der Waals surface area contributed by atoms with E-state index in [1.165, 1.54) is 17.3 Å². The van der Waals surface area contributed by atoms with Crippen LogP contribution in [0.3, 0.4) is 0 Å². The van der Waals surface area contributed by atoms with Gasteiger partial charge in [-0.15, -0.1) is 0 Å². The van der Waals surface area contributed by atoms with Crippen LogP contribution in [0.25, 0.3) is 0 Å². The van der Waals surface area contributed by atoms with Crippen LogP contribution in [0.5, 0.6) is 0 Å². The van der Waals surface area contributed by atoms with Crippen LogP contribution in [-0.2, 0) is 14.0 Å². The molecule has 10 heteroatoms. The molecule has 0 aromatic heterocycles. The second kappa shape index (κ2) is 27.4. The van der Waals surface area contributed by atoms with Crippen molar-refractivity contribution >= 4 is 53.1 Å². The molecule has 4 atom stereocenters. The van der Waals surface area contributed by atoms with E-state index in [4.69, 9.17) is 19.1 Å². The number of hydrogen-bond acceptors (Lipinski definition) is 6. The average molecular weight is 814 g/mol. The van der Waals surface area contributed by atoms with Crippen LogP contribution in [0.1, 0.15) is 138 Å². The maximum atomic E-state index is 11.2. The summed E-state index contributed by atoms with van der Waals surface area (Å²) in [5.74, 6) is 0.949. The molecule has 0 amide bonds. The molecule has 4 unspecified atom stereocenters. The van der Waals surface area contributed by atoms with E-state index in [0.29, 0.717) is 18.3 Å². The Morgan fingerprint density at radius 1 is 0.643 bits per heavy atom. The van der Waals surface area contributed by atoms with Crippen molar-refractivity contribution in [2.24, 2.45) is 17.8 Å². The molecule has 0 aromatic rings. The normalized spacial score (nSPS) is 14.7. The van der Waals surface area contributed by atoms with Crippen molar-refractivity contribution in [2.75, 3.05) is 13.2 Å². The molecule has 0 spiro atoms. The van der Waals surface area contributed by atoms with Gasteiger partial charge in [0.05, 0.1) is 0 Å². The SMILES string of the molecule is CCC[CH2][Sn][O][Sn]([CH2]CCC)([CH2]CCC)[O]C(CC(CCC)C(CCC)CCOC(=O)O)C(CCC)CCOC(=O)O. The van der Waals surface area contributed by atoms with E-state index in [2.05, 4.69) is 41.5 Å². The van der Waals surface area contributed by atoms with Gasteiger partial charge in [0.15, 0.2) is 0 Å². The summed E-state index contributed by atoms with van der Waals surface area (Å²) < 4.78 is 28.1. The van der Waals surface area contributed by atoms with Crippen molar-refractivity contribution in [1.82, 2.24) is 0 Å². The van der Waals surface area contributed by atoms with Crippen molar-refractivity contribution in [3.63, 3.8) is 0 Å². The summed E-state index contributed by atoms with van der Waals surface area (Å²) in [6.07, 6.45) is 13.0. The summed E-state index contributed by atoms with van der Waals surface area (Å²) in [6.45, 7) is 13.8. The van der Waals surface area contributed by atoms with Crippen molar-refractivity contribution < 1.29 is 33.8 Å². The molecule has 0 bridgehead atoms. The van der Waals surface area contributed by atoms with Crippen molar-refractivity contribution in [2.45, 2.75) is 157 Å². The fourth-order valence-electron chi connectivity index (χ4n) is 5.99. The Labute approximate surface area is 273 Å². The zero-order valence-corrected chi connectivity index (χ0v) is 33.5. The molecule has 0 rings (SSSR count). The van der Waals surface area contributed by atoms with E-state index in [1.807, 2.05) is 0 Å². The van der Waals surface area contributed by atoms with Crippen LogP contribution in [0, 0.1) is 17.8 Å². The molecule has 0 heterocycles. The third kappa shape index (κ3) is 20.2. The first kappa shape index (κ1) is 42.1. The van der Waals surface area contributed by atoms with Crippen molar-refractivity contribution in [3.8, 4) is 0 Å². The monoisotopic (exact) mass is 816 g/mol. The van der Waals surface area contributed by atoms with E-state index >= 15 is 0 Å². The van der Waals surface area contributed by atoms with Gasteiger partial charge in [-0.1, -0.05) is 0 Å². The summed E-state index contributed by atoms with van der Waals surface area (Å²) >= 11 is -4.41. The van der Waals surface area contributed by atoms with Crippen molar-refractivity contribution in [1.29, 1.82) is 0 Å². The zero-order valence-electron chi connectivity index (χ0n) is 27.8. The number of carboxylic acid groups (broad SMARTS) is 2. The van der Waals surface area contributed by atoms with Gasteiger partial charge in [-0.05, 0) is 0 Å². The Kier molecular flexibility index (Phi) is 27.4. The van der Waals surface area contributed by atoms with Crippen LogP contribution >= 0.6 is 0 Å². The molecule has 42 heavy (non-hydrogen) atoms. The second-order valence-corrected chi connectivity index (χ2v) is 27.3. The molecular weight excluding hydrogens is 750 g/mol. The van der Waals surface area contributed by atoms with E-state index < -0.39 is 53.1 Å². The number of carbonyl (C=O) groups is 2. The Hall–Kier alpha value is 0.0574. The minimum atomic E-state index is -3.44. The van der Waals surface area contributed by atoms with E-state index in [9.17, 15) is 14.7 Å². The topological polar surface area (TPSA) is 112 Å². The van der Waals surface area contributed by atoms with Crippen LogP contribution in [0.15, 0.2) is 0 Å². The fourth-order valence-corrected chi connectivity index (χ4v) is 29.9. The van der Waals surface area contributed by atoms with Gasteiger partial charge in [0.2, 0.25) is 0 Å². The summed E-state index contributed by atoms with van der Waals surface area (Å²) in [5, 5.41) is 18.2. The molecule has 8 nitrogen and oxygen atoms in total. The number of unbranched alkanes of at least 4 members (excludes halogenated alkanes) is 3. The predicted octanol–water partition coefficient (Wildman–Crippen LogP) is 10.1.